The topological polar surface area (TPSA) is 47.6 Å². The van der Waals surface area contributed by atoms with E-state index in [2.05, 4.69) is 17.4 Å². The van der Waals surface area contributed by atoms with Gasteiger partial charge in [-0.2, -0.15) is 0 Å². The fourth-order valence-corrected chi connectivity index (χ4v) is 2.97. The third-order valence-corrected chi connectivity index (χ3v) is 4.45. The Bertz CT molecular complexity index is 896. The molecule has 150 valence electrons. The maximum atomic E-state index is 13.3. The lowest BCUT2D eigenvalue weighted by atomic mass is 10.1. The minimum Gasteiger partial charge on any atom is -0.486 e. The van der Waals surface area contributed by atoms with Gasteiger partial charge in [-0.25, -0.2) is 4.39 Å². The Kier molecular flexibility index (Phi) is 7.36. The number of hydrogen-bond donors (Lipinski definition) is 1. The first-order valence-corrected chi connectivity index (χ1v) is 9.53. The largest absolute Gasteiger partial charge is 0.486 e. The molecule has 0 aliphatic heterocycles. The number of likely N-dealkylation sites (N-methyl/N-ethyl adjacent to an activating group) is 1. The van der Waals surface area contributed by atoms with Gasteiger partial charge in [0.1, 0.15) is 17.7 Å². The van der Waals surface area contributed by atoms with Crippen LogP contribution in [0.2, 0.25) is 0 Å². The summed E-state index contributed by atoms with van der Waals surface area (Å²) in [7, 11) is 1.69. The quantitative estimate of drug-likeness (QED) is 0.532. The monoisotopic (exact) mass is 393 g/mol. The van der Waals surface area contributed by atoms with Crippen molar-refractivity contribution >= 4 is 5.97 Å². The fraction of sp³-hybridized carbons (Fsp3) is 0.208. The standard InChI is InChI=1S/C24H24FNO3/c1-26-17-24(27)28-16-15-23(20-7-11-21(25)12-8-20)29-22-13-9-19(10-14-22)18-5-3-2-4-6-18/h2-14,23,26H,15-17H2,1H3. The highest BCUT2D eigenvalue weighted by Crippen LogP contribution is 2.28. The molecule has 1 atom stereocenters. The van der Waals surface area contributed by atoms with Gasteiger partial charge in [-0.1, -0.05) is 54.6 Å². The highest BCUT2D eigenvalue weighted by Gasteiger charge is 2.15. The molecule has 29 heavy (non-hydrogen) atoms. The van der Waals surface area contributed by atoms with Crippen LogP contribution < -0.4 is 10.1 Å². The Hall–Kier alpha value is -3.18. The van der Waals surface area contributed by atoms with Gasteiger partial charge >= 0.3 is 5.97 Å². The summed E-state index contributed by atoms with van der Waals surface area (Å²) in [6.07, 6.45) is 0.0993. The zero-order valence-corrected chi connectivity index (χ0v) is 16.3. The van der Waals surface area contributed by atoms with E-state index in [0.29, 0.717) is 12.2 Å². The van der Waals surface area contributed by atoms with E-state index in [1.54, 1.807) is 19.2 Å². The molecule has 0 fully saturated rings. The summed E-state index contributed by atoms with van der Waals surface area (Å²) in [5.74, 6) is 0.0679. The third-order valence-electron chi connectivity index (χ3n) is 4.45. The lowest BCUT2D eigenvalue weighted by Gasteiger charge is -2.20. The van der Waals surface area contributed by atoms with E-state index in [1.165, 1.54) is 12.1 Å². The van der Waals surface area contributed by atoms with Crippen LogP contribution in [0.1, 0.15) is 18.1 Å². The van der Waals surface area contributed by atoms with Crippen LogP contribution in [0.5, 0.6) is 5.75 Å². The number of carbonyl (C=O) groups excluding carboxylic acids is 1. The van der Waals surface area contributed by atoms with Crippen molar-refractivity contribution in [1.82, 2.24) is 5.32 Å². The van der Waals surface area contributed by atoms with E-state index in [4.69, 9.17) is 9.47 Å². The number of ether oxygens (including phenoxy) is 2. The van der Waals surface area contributed by atoms with Crippen molar-refractivity contribution in [2.75, 3.05) is 20.2 Å². The van der Waals surface area contributed by atoms with E-state index in [-0.39, 0.29) is 31.0 Å². The molecule has 4 nitrogen and oxygen atoms in total. The van der Waals surface area contributed by atoms with Crippen LogP contribution in [-0.4, -0.2) is 26.2 Å². The maximum Gasteiger partial charge on any atom is 0.319 e. The molecule has 0 aliphatic carbocycles. The smallest absolute Gasteiger partial charge is 0.319 e. The van der Waals surface area contributed by atoms with Crippen molar-refractivity contribution in [3.8, 4) is 16.9 Å². The number of esters is 1. The number of halogens is 1. The first-order chi connectivity index (χ1) is 14.2. The highest BCUT2D eigenvalue weighted by molar-refractivity contribution is 5.71. The molecule has 0 saturated heterocycles. The lowest BCUT2D eigenvalue weighted by Crippen LogP contribution is -2.22. The number of rotatable bonds is 9. The molecule has 1 N–H and O–H groups in total. The van der Waals surface area contributed by atoms with Crippen LogP contribution in [0.25, 0.3) is 11.1 Å². The molecule has 0 amide bonds. The molecule has 3 aromatic carbocycles. The molecule has 1 unspecified atom stereocenters. The molecule has 0 saturated carbocycles. The zero-order valence-electron chi connectivity index (χ0n) is 16.3. The summed E-state index contributed by atoms with van der Waals surface area (Å²) in [6, 6.07) is 24.1. The van der Waals surface area contributed by atoms with E-state index in [9.17, 15) is 9.18 Å². The second-order valence-corrected chi connectivity index (χ2v) is 6.59. The number of hydrogen-bond acceptors (Lipinski definition) is 4. The summed E-state index contributed by atoms with van der Waals surface area (Å²) in [6.45, 7) is 0.369. The zero-order chi connectivity index (χ0) is 20.5. The average Bonchev–Trinajstić information content (AvgIpc) is 2.75. The van der Waals surface area contributed by atoms with E-state index < -0.39 is 0 Å². The number of nitrogens with one attached hydrogen (secondary N) is 1. The van der Waals surface area contributed by atoms with Gasteiger partial charge < -0.3 is 14.8 Å². The van der Waals surface area contributed by atoms with Crippen molar-refractivity contribution in [2.24, 2.45) is 0 Å². The Morgan fingerprint density at radius 1 is 0.931 bits per heavy atom. The van der Waals surface area contributed by atoms with Crippen molar-refractivity contribution in [2.45, 2.75) is 12.5 Å². The fourth-order valence-electron chi connectivity index (χ4n) is 2.97. The summed E-state index contributed by atoms with van der Waals surface area (Å²) < 4.78 is 24.7. The minimum absolute atomic E-state index is 0.156. The van der Waals surface area contributed by atoms with Crippen LogP contribution >= 0.6 is 0 Å². The molecule has 0 aromatic heterocycles. The van der Waals surface area contributed by atoms with Gasteiger partial charge in [0.25, 0.3) is 0 Å². The van der Waals surface area contributed by atoms with Gasteiger partial charge in [-0.05, 0) is 48.0 Å². The van der Waals surface area contributed by atoms with Crippen LogP contribution in [0.3, 0.4) is 0 Å². The van der Waals surface area contributed by atoms with Crippen molar-refractivity contribution in [1.29, 1.82) is 0 Å². The van der Waals surface area contributed by atoms with Crippen LogP contribution in [0.4, 0.5) is 4.39 Å². The van der Waals surface area contributed by atoms with Crippen LogP contribution in [-0.2, 0) is 9.53 Å². The van der Waals surface area contributed by atoms with Crippen LogP contribution in [0.15, 0.2) is 78.9 Å². The summed E-state index contributed by atoms with van der Waals surface area (Å²) >= 11 is 0. The van der Waals surface area contributed by atoms with Gasteiger partial charge in [0.15, 0.2) is 0 Å². The lowest BCUT2D eigenvalue weighted by molar-refractivity contribution is -0.143. The minimum atomic E-state index is -0.361. The molecular formula is C24H24FNO3. The van der Waals surface area contributed by atoms with E-state index in [1.807, 2.05) is 42.5 Å². The summed E-state index contributed by atoms with van der Waals surface area (Å²) in [5.41, 5.74) is 3.05. The second-order valence-electron chi connectivity index (χ2n) is 6.59. The maximum absolute atomic E-state index is 13.3. The van der Waals surface area contributed by atoms with Gasteiger partial charge in [-0.3, -0.25) is 4.79 Å². The Labute approximate surface area is 170 Å². The predicted molar refractivity (Wildman–Crippen MR) is 111 cm³/mol. The Morgan fingerprint density at radius 3 is 2.24 bits per heavy atom. The molecule has 0 radical (unpaired) electrons. The van der Waals surface area contributed by atoms with Gasteiger partial charge in [0.2, 0.25) is 0 Å². The second kappa shape index (κ2) is 10.4. The SMILES string of the molecule is CNCC(=O)OCCC(Oc1ccc(-c2ccccc2)cc1)c1ccc(F)cc1. The number of carbonyl (C=O) groups is 1. The average molecular weight is 393 g/mol. The van der Waals surface area contributed by atoms with Crippen molar-refractivity contribution < 1.29 is 18.7 Å². The molecule has 0 bridgehead atoms. The van der Waals surface area contributed by atoms with Crippen molar-refractivity contribution in [3.05, 3.63) is 90.2 Å². The first kappa shape index (κ1) is 20.6. The van der Waals surface area contributed by atoms with Gasteiger partial charge in [0.05, 0.1) is 13.2 Å². The van der Waals surface area contributed by atoms with Gasteiger partial charge in [0, 0.05) is 6.42 Å². The molecule has 0 aliphatic rings. The molecule has 0 heterocycles. The summed E-state index contributed by atoms with van der Waals surface area (Å²) in [5, 5.41) is 2.75. The number of benzene rings is 3. The van der Waals surface area contributed by atoms with E-state index in [0.717, 1.165) is 16.7 Å². The Balaban J connectivity index is 1.70. The van der Waals surface area contributed by atoms with Crippen molar-refractivity contribution in [3.63, 3.8) is 0 Å². The molecule has 3 aromatic rings. The predicted octanol–water partition coefficient (Wildman–Crippen LogP) is 4.77. The molecule has 0 spiro atoms. The first-order valence-electron chi connectivity index (χ1n) is 9.53. The summed E-state index contributed by atoms with van der Waals surface area (Å²) in [4.78, 5) is 11.6. The normalized spacial score (nSPS) is 11.7. The molecule has 3 rings (SSSR count). The van der Waals surface area contributed by atoms with Crippen LogP contribution in [0, 0.1) is 5.82 Å². The van der Waals surface area contributed by atoms with Gasteiger partial charge in [-0.15, -0.1) is 0 Å². The highest BCUT2D eigenvalue weighted by atomic mass is 19.1. The molecular weight excluding hydrogens is 369 g/mol. The Morgan fingerprint density at radius 2 is 1.59 bits per heavy atom. The molecule has 5 heteroatoms. The van der Waals surface area contributed by atoms with E-state index >= 15 is 0 Å². The third kappa shape index (κ3) is 6.16.